The molecule has 8 heteroatoms. The molecule has 7 nitrogen and oxygen atoms in total. The number of nitrogens with zero attached hydrogens (tertiary/aromatic N) is 2. The zero-order valence-corrected chi connectivity index (χ0v) is 15.9. The van der Waals surface area contributed by atoms with Crippen LogP contribution in [-0.4, -0.2) is 30.4 Å². The van der Waals surface area contributed by atoms with E-state index in [4.69, 9.17) is 0 Å². The maximum atomic E-state index is 12.7. The van der Waals surface area contributed by atoms with E-state index in [2.05, 4.69) is 10.4 Å². The van der Waals surface area contributed by atoms with Gasteiger partial charge in [0.25, 0.3) is 11.5 Å². The van der Waals surface area contributed by atoms with Crippen molar-refractivity contribution in [2.24, 2.45) is 7.05 Å². The van der Waals surface area contributed by atoms with Gasteiger partial charge in [0.1, 0.15) is 0 Å². The zero-order valence-electron chi connectivity index (χ0n) is 15.1. The highest BCUT2D eigenvalue weighted by Gasteiger charge is 2.18. The lowest BCUT2D eigenvalue weighted by molar-refractivity contribution is 0.0934. The van der Waals surface area contributed by atoms with Crippen LogP contribution in [-0.2, 0) is 16.9 Å². The minimum Gasteiger partial charge on any atom is -0.344 e. The number of hydrogen-bond donors (Lipinski definition) is 1. The third-order valence-corrected chi connectivity index (χ3v) is 5.46. The quantitative estimate of drug-likeness (QED) is 0.739. The molecule has 0 saturated heterocycles. The maximum absolute atomic E-state index is 12.7. The molecule has 1 amide bonds. The summed E-state index contributed by atoms with van der Waals surface area (Å²) >= 11 is 0. The third-order valence-electron chi connectivity index (χ3n) is 4.33. The maximum Gasteiger partial charge on any atom is 0.274 e. The monoisotopic (exact) mass is 385 g/mol. The molecule has 1 heterocycles. The van der Waals surface area contributed by atoms with Crippen LogP contribution in [0, 0.1) is 0 Å². The second kappa shape index (κ2) is 6.96. The van der Waals surface area contributed by atoms with Gasteiger partial charge >= 0.3 is 0 Å². The van der Waals surface area contributed by atoms with Gasteiger partial charge in [0.15, 0.2) is 15.5 Å². The first-order chi connectivity index (χ1) is 12.7. The van der Waals surface area contributed by atoms with Crippen molar-refractivity contribution in [1.82, 2.24) is 15.1 Å². The number of fused-ring (bicyclic) bond motifs is 1. The number of sulfone groups is 1. The fraction of sp³-hybridized carbons (Fsp3) is 0.211. The molecule has 0 aliphatic rings. The summed E-state index contributed by atoms with van der Waals surface area (Å²) in [4.78, 5) is 25.1. The number of carbonyl (C=O) groups excluding carboxylic acids is 1. The first-order valence-electron chi connectivity index (χ1n) is 8.25. The Morgan fingerprint density at radius 3 is 2.26 bits per heavy atom. The Hall–Kier alpha value is -3.00. The summed E-state index contributed by atoms with van der Waals surface area (Å²) < 4.78 is 24.3. The molecule has 0 spiro atoms. The zero-order chi connectivity index (χ0) is 19.8. The highest BCUT2D eigenvalue weighted by molar-refractivity contribution is 7.90. The summed E-state index contributed by atoms with van der Waals surface area (Å²) in [6, 6.07) is 12.8. The Bertz CT molecular complexity index is 1180. The van der Waals surface area contributed by atoms with Crippen LogP contribution in [0.1, 0.15) is 29.0 Å². The van der Waals surface area contributed by atoms with E-state index in [0.717, 1.165) is 16.5 Å². The van der Waals surface area contributed by atoms with E-state index >= 15 is 0 Å². The number of benzene rings is 2. The number of amides is 1. The van der Waals surface area contributed by atoms with E-state index in [-0.39, 0.29) is 22.2 Å². The van der Waals surface area contributed by atoms with E-state index < -0.39 is 15.7 Å². The van der Waals surface area contributed by atoms with Gasteiger partial charge in [0, 0.05) is 18.7 Å². The van der Waals surface area contributed by atoms with Crippen LogP contribution in [0.15, 0.2) is 58.2 Å². The fourth-order valence-corrected chi connectivity index (χ4v) is 3.45. The second-order valence-electron chi connectivity index (χ2n) is 6.36. The summed E-state index contributed by atoms with van der Waals surface area (Å²) in [5, 5.41) is 7.86. The first kappa shape index (κ1) is 18.8. The van der Waals surface area contributed by atoms with E-state index in [0.29, 0.717) is 10.8 Å². The van der Waals surface area contributed by atoms with E-state index in [9.17, 15) is 18.0 Å². The lowest BCUT2D eigenvalue weighted by Crippen LogP contribution is -2.31. The van der Waals surface area contributed by atoms with Gasteiger partial charge in [-0.2, -0.15) is 5.10 Å². The van der Waals surface area contributed by atoms with Crippen molar-refractivity contribution in [2.45, 2.75) is 17.9 Å². The molecule has 1 N–H and O–H groups in total. The summed E-state index contributed by atoms with van der Waals surface area (Å²) in [5.74, 6) is -0.415. The van der Waals surface area contributed by atoms with Gasteiger partial charge in [0.2, 0.25) is 0 Å². The van der Waals surface area contributed by atoms with Crippen LogP contribution < -0.4 is 10.9 Å². The van der Waals surface area contributed by atoms with Gasteiger partial charge in [-0.1, -0.05) is 30.3 Å². The van der Waals surface area contributed by atoms with E-state index in [1.165, 1.54) is 19.2 Å². The largest absolute Gasteiger partial charge is 0.344 e. The van der Waals surface area contributed by atoms with Gasteiger partial charge in [-0.05, 0) is 30.7 Å². The van der Waals surface area contributed by atoms with Crippen LogP contribution in [0.4, 0.5) is 0 Å². The standard InChI is InChI=1S/C19H19N3O4S/c1-12(13-8-10-14(11-9-13)27(3,25)26)20-18(23)17-15-6-4-5-7-16(15)19(24)22(2)21-17/h4-12H,1-3H3,(H,20,23). The van der Waals surface area contributed by atoms with Crippen LogP contribution in [0.25, 0.3) is 10.8 Å². The highest BCUT2D eigenvalue weighted by Crippen LogP contribution is 2.18. The average Bonchev–Trinajstić information content (AvgIpc) is 2.64. The van der Waals surface area contributed by atoms with Crippen LogP contribution >= 0.6 is 0 Å². The number of hydrogen-bond acceptors (Lipinski definition) is 5. The third kappa shape index (κ3) is 3.75. The van der Waals surface area contributed by atoms with Crippen LogP contribution in [0.3, 0.4) is 0 Å². The van der Waals surface area contributed by atoms with Crippen molar-refractivity contribution in [3.63, 3.8) is 0 Å². The Morgan fingerprint density at radius 1 is 1.07 bits per heavy atom. The highest BCUT2D eigenvalue weighted by atomic mass is 32.2. The van der Waals surface area contributed by atoms with Gasteiger partial charge < -0.3 is 5.32 Å². The SMILES string of the molecule is CC(NC(=O)c1nn(C)c(=O)c2ccccc12)c1ccc(S(C)(=O)=O)cc1. The molecule has 2 aromatic carbocycles. The molecule has 27 heavy (non-hydrogen) atoms. The van der Waals surface area contributed by atoms with Crippen molar-refractivity contribution in [3.8, 4) is 0 Å². The molecule has 0 aliphatic carbocycles. The number of carbonyl (C=O) groups is 1. The van der Waals surface area contributed by atoms with Gasteiger partial charge in [0.05, 0.1) is 16.3 Å². The summed E-state index contributed by atoms with van der Waals surface area (Å²) in [7, 11) is -1.78. The Balaban J connectivity index is 1.91. The van der Waals surface area contributed by atoms with Crippen molar-refractivity contribution in [1.29, 1.82) is 0 Å². The Morgan fingerprint density at radius 2 is 1.67 bits per heavy atom. The van der Waals surface area contributed by atoms with Gasteiger partial charge in [-0.25, -0.2) is 13.1 Å². The van der Waals surface area contributed by atoms with Crippen molar-refractivity contribution in [3.05, 3.63) is 70.1 Å². The lowest BCUT2D eigenvalue weighted by Gasteiger charge is -2.15. The molecule has 140 valence electrons. The molecular weight excluding hydrogens is 366 g/mol. The van der Waals surface area contributed by atoms with E-state index in [1.807, 2.05) is 0 Å². The molecule has 0 saturated carbocycles. The molecular formula is C19H19N3O4S. The summed E-state index contributed by atoms with van der Waals surface area (Å²) in [6.07, 6.45) is 1.14. The van der Waals surface area contributed by atoms with Crippen LogP contribution in [0.2, 0.25) is 0 Å². The number of rotatable bonds is 4. The molecule has 0 fully saturated rings. The lowest BCUT2D eigenvalue weighted by atomic mass is 10.1. The van der Waals surface area contributed by atoms with Crippen molar-refractivity contribution >= 4 is 26.5 Å². The molecule has 1 unspecified atom stereocenters. The molecule has 1 aromatic heterocycles. The average molecular weight is 385 g/mol. The Labute approximate surface area is 156 Å². The molecule has 1 atom stereocenters. The van der Waals surface area contributed by atoms with Gasteiger partial charge in [-0.15, -0.1) is 0 Å². The predicted octanol–water partition coefficient (Wildman–Crippen LogP) is 1.83. The van der Waals surface area contributed by atoms with Gasteiger partial charge in [-0.3, -0.25) is 9.59 Å². The number of aromatic nitrogens is 2. The molecule has 3 rings (SSSR count). The minimum absolute atomic E-state index is 0.160. The molecule has 0 radical (unpaired) electrons. The fourth-order valence-electron chi connectivity index (χ4n) is 2.82. The smallest absolute Gasteiger partial charge is 0.274 e. The number of nitrogens with one attached hydrogen (secondary N) is 1. The first-order valence-corrected chi connectivity index (χ1v) is 10.1. The van der Waals surface area contributed by atoms with Crippen molar-refractivity contribution in [2.75, 3.05) is 6.26 Å². The van der Waals surface area contributed by atoms with Crippen molar-refractivity contribution < 1.29 is 13.2 Å². The normalized spacial score (nSPS) is 12.7. The Kier molecular flexibility index (Phi) is 4.84. The summed E-state index contributed by atoms with van der Waals surface area (Å²) in [5.41, 5.74) is 0.642. The molecule has 0 bridgehead atoms. The molecule has 0 aliphatic heterocycles. The number of aryl methyl sites for hydroxylation is 1. The van der Waals surface area contributed by atoms with Crippen LogP contribution in [0.5, 0.6) is 0 Å². The minimum atomic E-state index is -3.27. The predicted molar refractivity (Wildman–Crippen MR) is 102 cm³/mol. The second-order valence-corrected chi connectivity index (χ2v) is 8.38. The summed E-state index contributed by atoms with van der Waals surface area (Å²) in [6.45, 7) is 1.79. The molecule has 3 aromatic rings. The van der Waals surface area contributed by atoms with E-state index in [1.54, 1.807) is 43.3 Å². The topological polar surface area (TPSA) is 98.1 Å².